The van der Waals surface area contributed by atoms with Crippen LogP contribution in [-0.4, -0.2) is 27.6 Å². The van der Waals surface area contributed by atoms with Crippen molar-refractivity contribution >= 4 is 52.3 Å². The fraction of sp³-hybridized carbons (Fsp3) is 0.118. The average Bonchev–Trinajstić information content (AvgIpc) is 2.93. The summed E-state index contributed by atoms with van der Waals surface area (Å²) in [6.07, 6.45) is 2.00. The molecule has 1 atom stereocenters. The van der Waals surface area contributed by atoms with Crippen molar-refractivity contribution < 1.29 is 9.90 Å². The summed E-state index contributed by atoms with van der Waals surface area (Å²) in [4.78, 5) is 12.1. The third-order valence-corrected chi connectivity index (χ3v) is 5.39. The maximum absolute atomic E-state index is 12.1. The van der Waals surface area contributed by atoms with Crippen molar-refractivity contribution in [2.24, 2.45) is 10.2 Å². The molecule has 128 valence electrons. The largest absolute Gasteiger partial charge is 0.508 e. The molecule has 25 heavy (non-hydrogen) atoms. The highest BCUT2D eigenvalue weighted by Gasteiger charge is 2.31. The maximum atomic E-state index is 12.1. The number of phenols is 1. The van der Waals surface area contributed by atoms with E-state index in [1.165, 1.54) is 11.8 Å². The van der Waals surface area contributed by atoms with Crippen LogP contribution in [0, 0.1) is 0 Å². The Morgan fingerprint density at radius 2 is 1.96 bits per heavy atom. The topological polar surface area (TPSA) is 74.0 Å². The first-order valence-corrected chi connectivity index (χ1v) is 8.97. The van der Waals surface area contributed by atoms with Crippen LogP contribution in [0.2, 0.25) is 10.0 Å². The fourth-order valence-electron chi connectivity index (χ4n) is 2.20. The van der Waals surface area contributed by atoms with Gasteiger partial charge in [-0.2, -0.15) is 5.10 Å². The lowest BCUT2D eigenvalue weighted by Gasteiger charge is -2.08. The van der Waals surface area contributed by atoms with Crippen LogP contribution in [0.3, 0.4) is 0 Å². The Kier molecular flexibility index (Phi) is 5.63. The van der Waals surface area contributed by atoms with Gasteiger partial charge in [-0.05, 0) is 47.9 Å². The molecular formula is C17H13Cl2N3O2S. The molecule has 1 aliphatic heterocycles. The minimum absolute atomic E-state index is 0.139. The second-order valence-electron chi connectivity index (χ2n) is 5.25. The van der Waals surface area contributed by atoms with Crippen molar-refractivity contribution in [3.63, 3.8) is 0 Å². The molecule has 0 aromatic heterocycles. The van der Waals surface area contributed by atoms with Crippen LogP contribution in [0.4, 0.5) is 0 Å². The van der Waals surface area contributed by atoms with Crippen LogP contribution in [0.25, 0.3) is 0 Å². The van der Waals surface area contributed by atoms with E-state index >= 15 is 0 Å². The molecule has 1 fully saturated rings. The number of phenolic OH excluding ortho intramolecular Hbond substituents is 1. The average molecular weight is 394 g/mol. The Morgan fingerprint density at radius 1 is 1.20 bits per heavy atom. The molecule has 0 radical (unpaired) electrons. The summed E-state index contributed by atoms with van der Waals surface area (Å²) in [5, 5.41) is 20.9. The lowest BCUT2D eigenvalue weighted by Crippen LogP contribution is -2.26. The number of amidine groups is 1. The van der Waals surface area contributed by atoms with E-state index in [4.69, 9.17) is 23.2 Å². The first kappa shape index (κ1) is 17.8. The number of hydrogen-bond acceptors (Lipinski definition) is 5. The van der Waals surface area contributed by atoms with Crippen LogP contribution in [0.1, 0.15) is 11.1 Å². The van der Waals surface area contributed by atoms with Gasteiger partial charge in [0, 0.05) is 0 Å². The monoisotopic (exact) mass is 393 g/mol. The molecule has 1 unspecified atom stereocenters. The van der Waals surface area contributed by atoms with Gasteiger partial charge in [-0.3, -0.25) is 4.79 Å². The first-order valence-electron chi connectivity index (χ1n) is 7.33. The third-order valence-electron chi connectivity index (χ3n) is 3.46. The van der Waals surface area contributed by atoms with E-state index in [9.17, 15) is 9.90 Å². The highest BCUT2D eigenvalue weighted by Crippen LogP contribution is 2.30. The molecule has 1 heterocycles. The number of carbonyl (C=O) groups excluding carboxylic acids is 1. The Balaban J connectivity index is 1.65. The van der Waals surface area contributed by atoms with Crippen molar-refractivity contribution in [1.29, 1.82) is 0 Å². The zero-order valence-electron chi connectivity index (χ0n) is 12.8. The Hall–Kier alpha value is -2.02. The summed E-state index contributed by atoms with van der Waals surface area (Å²) in [6, 6.07) is 11.9. The minimum atomic E-state index is -0.335. The maximum Gasteiger partial charge on any atom is 0.239 e. The standard InChI is InChI=1S/C17H13Cl2N3O2S/c18-13-3-1-2-11(15(13)19)8-14-16(24)21-17(25-14)22-20-9-10-4-6-12(23)7-5-10/h1-7,9,14,23H,8H2,(H,21,22,24)/b20-9+. The number of thioether (sulfide) groups is 1. The van der Waals surface area contributed by atoms with Gasteiger partial charge in [-0.1, -0.05) is 47.1 Å². The van der Waals surface area contributed by atoms with E-state index in [0.29, 0.717) is 21.6 Å². The highest BCUT2D eigenvalue weighted by atomic mass is 35.5. The molecule has 2 aromatic carbocycles. The van der Waals surface area contributed by atoms with Crippen LogP contribution < -0.4 is 5.32 Å². The summed E-state index contributed by atoms with van der Waals surface area (Å²) >= 11 is 13.5. The van der Waals surface area contributed by atoms with Crippen LogP contribution in [0.15, 0.2) is 52.7 Å². The number of halogens is 2. The van der Waals surface area contributed by atoms with E-state index in [1.807, 2.05) is 6.07 Å². The number of hydrogen-bond donors (Lipinski definition) is 2. The van der Waals surface area contributed by atoms with E-state index < -0.39 is 0 Å². The number of aromatic hydroxyl groups is 1. The van der Waals surface area contributed by atoms with Crippen molar-refractivity contribution in [3.8, 4) is 5.75 Å². The lowest BCUT2D eigenvalue weighted by atomic mass is 10.1. The molecule has 8 heteroatoms. The number of carbonyl (C=O) groups is 1. The second kappa shape index (κ2) is 7.91. The number of amides is 1. The van der Waals surface area contributed by atoms with E-state index in [1.54, 1.807) is 42.6 Å². The number of rotatable bonds is 4. The Labute approximate surface area is 158 Å². The van der Waals surface area contributed by atoms with Crippen molar-refractivity contribution in [2.75, 3.05) is 0 Å². The van der Waals surface area contributed by atoms with E-state index in [-0.39, 0.29) is 16.9 Å². The third kappa shape index (κ3) is 4.54. The molecule has 3 rings (SSSR count). The summed E-state index contributed by atoms with van der Waals surface area (Å²) < 4.78 is 0. The van der Waals surface area contributed by atoms with Crippen molar-refractivity contribution in [1.82, 2.24) is 5.32 Å². The number of benzene rings is 2. The zero-order valence-corrected chi connectivity index (χ0v) is 15.1. The van der Waals surface area contributed by atoms with Crippen LogP contribution >= 0.6 is 35.0 Å². The van der Waals surface area contributed by atoms with Gasteiger partial charge in [0.05, 0.1) is 21.5 Å². The zero-order chi connectivity index (χ0) is 17.8. The van der Waals surface area contributed by atoms with E-state index in [0.717, 1.165) is 11.1 Å². The fourth-order valence-corrected chi connectivity index (χ4v) is 3.55. The number of nitrogens with zero attached hydrogens (tertiary/aromatic N) is 2. The second-order valence-corrected chi connectivity index (χ2v) is 7.23. The number of nitrogens with one attached hydrogen (secondary N) is 1. The summed E-state index contributed by atoms with van der Waals surface area (Å²) in [5.74, 6) is 0.0456. The Morgan fingerprint density at radius 3 is 2.72 bits per heavy atom. The molecule has 0 aliphatic carbocycles. The molecule has 1 saturated heterocycles. The van der Waals surface area contributed by atoms with Crippen LogP contribution in [-0.2, 0) is 11.2 Å². The lowest BCUT2D eigenvalue weighted by molar-refractivity contribution is -0.118. The molecule has 5 nitrogen and oxygen atoms in total. The van der Waals surface area contributed by atoms with Gasteiger partial charge in [0.1, 0.15) is 5.75 Å². The van der Waals surface area contributed by atoms with Crippen LogP contribution in [0.5, 0.6) is 5.75 Å². The molecule has 2 N–H and O–H groups in total. The molecule has 0 spiro atoms. The van der Waals surface area contributed by atoms with Crippen molar-refractivity contribution in [2.45, 2.75) is 11.7 Å². The highest BCUT2D eigenvalue weighted by molar-refractivity contribution is 8.15. The predicted molar refractivity (Wildman–Crippen MR) is 103 cm³/mol. The molecule has 1 aliphatic rings. The van der Waals surface area contributed by atoms with Gasteiger partial charge < -0.3 is 10.4 Å². The molecular weight excluding hydrogens is 381 g/mol. The van der Waals surface area contributed by atoms with Gasteiger partial charge in [0.15, 0.2) is 5.17 Å². The quantitative estimate of drug-likeness (QED) is 0.611. The van der Waals surface area contributed by atoms with Gasteiger partial charge in [-0.15, -0.1) is 5.10 Å². The predicted octanol–water partition coefficient (Wildman–Crippen LogP) is 3.86. The SMILES string of the molecule is O=C1N/C(=N\N=C\c2ccc(O)cc2)SC1Cc1cccc(Cl)c1Cl. The molecule has 2 aromatic rings. The summed E-state index contributed by atoms with van der Waals surface area (Å²) in [6.45, 7) is 0. The summed E-state index contributed by atoms with van der Waals surface area (Å²) in [7, 11) is 0. The summed E-state index contributed by atoms with van der Waals surface area (Å²) in [5.41, 5.74) is 1.61. The van der Waals surface area contributed by atoms with Gasteiger partial charge >= 0.3 is 0 Å². The molecule has 1 amide bonds. The van der Waals surface area contributed by atoms with E-state index in [2.05, 4.69) is 15.5 Å². The van der Waals surface area contributed by atoms with Gasteiger partial charge in [0.2, 0.25) is 5.91 Å². The van der Waals surface area contributed by atoms with Crippen molar-refractivity contribution in [3.05, 3.63) is 63.6 Å². The van der Waals surface area contributed by atoms with Gasteiger partial charge in [0.25, 0.3) is 0 Å². The first-order chi connectivity index (χ1) is 12.0. The Bertz CT molecular complexity index is 853. The molecule has 0 saturated carbocycles. The minimum Gasteiger partial charge on any atom is -0.508 e. The van der Waals surface area contributed by atoms with Gasteiger partial charge in [-0.25, -0.2) is 0 Å². The molecule has 0 bridgehead atoms. The smallest absolute Gasteiger partial charge is 0.239 e. The normalized spacial score (nSPS) is 18.9.